The molecule has 0 radical (unpaired) electrons. The number of nitrogens with zero attached hydrogens (tertiary/aromatic N) is 1. The smallest absolute Gasteiger partial charge is 0.305 e. The highest BCUT2D eigenvalue weighted by Gasteiger charge is 2.10. The summed E-state index contributed by atoms with van der Waals surface area (Å²) in [7, 11) is 2.76. The number of ether oxygens (including phenoxy) is 2. The summed E-state index contributed by atoms with van der Waals surface area (Å²) < 4.78 is 9.17. The summed E-state index contributed by atoms with van der Waals surface area (Å²) in [5.41, 5.74) is 0. The highest BCUT2D eigenvalue weighted by Crippen LogP contribution is 2.07. The lowest BCUT2D eigenvalue weighted by atomic mass is 10.1. The van der Waals surface area contributed by atoms with Gasteiger partial charge in [0, 0.05) is 25.9 Å². The average Bonchev–Trinajstić information content (AvgIpc) is 2.57. The van der Waals surface area contributed by atoms with Crippen LogP contribution in [0.4, 0.5) is 0 Å². The highest BCUT2D eigenvalue weighted by atomic mass is 16.5. The Morgan fingerprint density at radius 2 is 1.26 bits per heavy atom. The topological polar surface area (TPSA) is 72.9 Å². The van der Waals surface area contributed by atoms with Gasteiger partial charge in [-0.05, 0) is 31.8 Å². The Morgan fingerprint density at radius 1 is 0.826 bits per heavy atom. The Kier molecular flexibility index (Phi) is 12.7. The largest absolute Gasteiger partial charge is 0.469 e. The van der Waals surface area contributed by atoms with Gasteiger partial charge in [-0.2, -0.15) is 0 Å². The van der Waals surface area contributed by atoms with E-state index in [0.29, 0.717) is 25.9 Å². The molecule has 23 heavy (non-hydrogen) atoms. The summed E-state index contributed by atoms with van der Waals surface area (Å²) in [5, 5.41) is 0. The van der Waals surface area contributed by atoms with E-state index in [1.165, 1.54) is 20.3 Å². The van der Waals surface area contributed by atoms with Crippen molar-refractivity contribution in [2.75, 3.05) is 27.3 Å². The number of hydrogen-bond acceptors (Lipinski definition) is 5. The number of rotatable bonds is 13. The molecule has 0 aromatic rings. The van der Waals surface area contributed by atoms with E-state index in [-0.39, 0.29) is 17.8 Å². The fourth-order valence-corrected chi connectivity index (χ4v) is 2.16. The maximum Gasteiger partial charge on any atom is 0.305 e. The molecule has 0 aliphatic heterocycles. The Morgan fingerprint density at radius 3 is 1.61 bits per heavy atom. The molecular formula is C17H29NO5. The van der Waals surface area contributed by atoms with Crippen LogP contribution in [0, 0.1) is 0 Å². The molecule has 0 saturated heterocycles. The lowest BCUT2D eigenvalue weighted by molar-refractivity contribution is -0.141. The normalized spacial score (nSPS) is 10.0. The van der Waals surface area contributed by atoms with Crippen molar-refractivity contribution in [3.05, 3.63) is 12.7 Å². The van der Waals surface area contributed by atoms with Gasteiger partial charge < -0.3 is 14.4 Å². The Bertz CT molecular complexity index is 355. The molecule has 6 nitrogen and oxygen atoms in total. The maximum absolute atomic E-state index is 11.8. The van der Waals surface area contributed by atoms with E-state index >= 15 is 0 Å². The van der Waals surface area contributed by atoms with Crippen LogP contribution in [0.2, 0.25) is 0 Å². The highest BCUT2D eigenvalue weighted by molar-refractivity contribution is 5.86. The van der Waals surface area contributed by atoms with Gasteiger partial charge in [-0.1, -0.05) is 19.4 Å². The molecule has 0 aromatic heterocycles. The van der Waals surface area contributed by atoms with E-state index in [9.17, 15) is 14.4 Å². The molecule has 0 rings (SSSR count). The number of unbranched alkanes of at least 4 members (excludes halogenated alkanes) is 4. The summed E-state index contributed by atoms with van der Waals surface area (Å²) in [6.45, 7) is 4.84. The summed E-state index contributed by atoms with van der Waals surface area (Å²) >= 11 is 0. The first kappa shape index (κ1) is 21.1. The molecular weight excluding hydrogens is 298 g/mol. The molecule has 0 N–H and O–H groups in total. The van der Waals surface area contributed by atoms with Gasteiger partial charge in [-0.25, -0.2) is 0 Å². The van der Waals surface area contributed by atoms with Gasteiger partial charge in [0.1, 0.15) is 0 Å². The first-order chi connectivity index (χ1) is 11.0. The van der Waals surface area contributed by atoms with E-state index < -0.39 is 0 Å². The molecule has 0 aliphatic rings. The van der Waals surface area contributed by atoms with Crippen molar-refractivity contribution in [1.29, 1.82) is 0 Å². The molecule has 0 unspecified atom stereocenters. The van der Waals surface area contributed by atoms with Crippen LogP contribution in [0.1, 0.15) is 51.4 Å². The zero-order valence-corrected chi connectivity index (χ0v) is 14.3. The summed E-state index contributed by atoms with van der Waals surface area (Å²) in [4.78, 5) is 35.6. The number of methoxy groups -OCH3 is 2. The van der Waals surface area contributed by atoms with Crippen molar-refractivity contribution in [2.24, 2.45) is 0 Å². The van der Waals surface area contributed by atoms with Gasteiger partial charge in [-0.3, -0.25) is 14.4 Å². The van der Waals surface area contributed by atoms with E-state index in [0.717, 1.165) is 38.5 Å². The lowest BCUT2D eigenvalue weighted by Crippen LogP contribution is -2.31. The van der Waals surface area contributed by atoms with Crippen molar-refractivity contribution < 1.29 is 23.9 Å². The maximum atomic E-state index is 11.8. The number of carbonyl (C=O) groups is 3. The quantitative estimate of drug-likeness (QED) is 0.295. The van der Waals surface area contributed by atoms with Gasteiger partial charge in [-0.15, -0.1) is 0 Å². The van der Waals surface area contributed by atoms with Crippen LogP contribution < -0.4 is 0 Å². The van der Waals surface area contributed by atoms with Crippen LogP contribution in [0.3, 0.4) is 0 Å². The predicted molar refractivity (Wildman–Crippen MR) is 87.7 cm³/mol. The molecule has 1 amide bonds. The van der Waals surface area contributed by atoms with Crippen molar-refractivity contribution in [3.8, 4) is 0 Å². The van der Waals surface area contributed by atoms with Crippen molar-refractivity contribution in [2.45, 2.75) is 51.4 Å². The zero-order valence-electron chi connectivity index (χ0n) is 14.3. The van der Waals surface area contributed by atoms with Gasteiger partial charge in [0.25, 0.3) is 0 Å². The standard InChI is InChI=1S/C17H29NO5/c1-4-15(19)18(13-9-5-7-11-16(20)22-2)14-10-6-8-12-17(21)23-3/h4H,1,5-14H2,2-3H3. The first-order valence-electron chi connectivity index (χ1n) is 8.10. The fourth-order valence-electron chi connectivity index (χ4n) is 2.16. The van der Waals surface area contributed by atoms with E-state index in [1.807, 2.05) is 0 Å². The Labute approximate surface area is 138 Å². The van der Waals surface area contributed by atoms with Crippen LogP contribution in [-0.2, 0) is 23.9 Å². The van der Waals surface area contributed by atoms with E-state index in [1.54, 1.807) is 4.90 Å². The van der Waals surface area contributed by atoms with Gasteiger partial charge in [0.05, 0.1) is 14.2 Å². The van der Waals surface area contributed by atoms with Gasteiger partial charge >= 0.3 is 11.9 Å². The molecule has 0 aliphatic carbocycles. The minimum atomic E-state index is -0.199. The number of amides is 1. The fraction of sp³-hybridized carbons (Fsp3) is 0.706. The number of esters is 2. The first-order valence-corrected chi connectivity index (χ1v) is 8.10. The molecule has 0 heterocycles. The van der Waals surface area contributed by atoms with Crippen LogP contribution in [0.25, 0.3) is 0 Å². The summed E-state index contributed by atoms with van der Waals surface area (Å²) in [6, 6.07) is 0. The zero-order chi connectivity index (χ0) is 17.5. The second kappa shape index (κ2) is 13.8. The molecule has 0 aromatic carbocycles. The van der Waals surface area contributed by atoms with Crippen LogP contribution in [0.5, 0.6) is 0 Å². The Balaban J connectivity index is 3.89. The number of carbonyl (C=O) groups excluding carboxylic acids is 3. The predicted octanol–water partition coefficient (Wildman–Crippen LogP) is 2.47. The molecule has 0 atom stereocenters. The third-order valence-electron chi connectivity index (χ3n) is 3.56. The van der Waals surface area contributed by atoms with Gasteiger partial charge in [0.2, 0.25) is 5.91 Å². The van der Waals surface area contributed by atoms with Crippen molar-refractivity contribution in [1.82, 2.24) is 4.90 Å². The SMILES string of the molecule is C=CC(=O)N(CCCCCC(=O)OC)CCCCCC(=O)OC. The second-order valence-corrected chi connectivity index (χ2v) is 5.30. The molecule has 0 fully saturated rings. The van der Waals surface area contributed by atoms with E-state index in [2.05, 4.69) is 16.1 Å². The molecule has 0 bridgehead atoms. The second-order valence-electron chi connectivity index (χ2n) is 5.30. The Hall–Kier alpha value is -1.85. The summed E-state index contributed by atoms with van der Waals surface area (Å²) in [5.74, 6) is -0.477. The van der Waals surface area contributed by atoms with Crippen LogP contribution >= 0.6 is 0 Å². The minimum Gasteiger partial charge on any atom is -0.469 e. The van der Waals surface area contributed by atoms with Crippen LogP contribution in [-0.4, -0.2) is 50.1 Å². The third-order valence-corrected chi connectivity index (χ3v) is 3.56. The van der Waals surface area contributed by atoms with Crippen molar-refractivity contribution >= 4 is 17.8 Å². The minimum absolute atomic E-state index is 0.0778. The monoisotopic (exact) mass is 327 g/mol. The van der Waals surface area contributed by atoms with Gasteiger partial charge in [0.15, 0.2) is 0 Å². The number of hydrogen-bond donors (Lipinski definition) is 0. The molecule has 0 saturated carbocycles. The van der Waals surface area contributed by atoms with E-state index in [4.69, 9.17) is 0 Å². The third kappa shape index (κ3) is 11.4. The summed E-state index contributed by atoms with van der Waals surface area (Å²) in [6.07, 6.45) is 7.12. The molecule has 6 heteroatoms. The molecule has 0 spiro atoms. The molecule has 132 valence electrons. The lowest BCUT2D eigenvalue weighted by Gasteiger charge is -2.21. The average molecular weight is 327 g/mol. The van der Waals surface area contributed by atoms with Crippen LogP contribution in [0.15, 0.2) is 12.7 Å². The van der Waals surface area contributed by atoms with Crippen molar-refractivity contribution in [3.63, 3.8) is 0 Å².